The fraction of sp³-hybridized carbons (Fsp3) is 0.538. The van der Waals surface area contributed by atoms with Crippen LogP contribution in [0.1, 0.15) is 25.7 Å². The molecule has 1 N–H and O–H groups in total. The van der Waals surface area contributed by atoms with Gasteiger partial charge < -0.3 is 5.32 Å². The molecule has 2 unspecified atom stereocenters. The first kappa shape index (κ1) is 15.6. The molecular formula is C13H16BrFN2O2S. The van der Waals surface area contributed by atoms with Gasteiger partial charge in [-0.3, -0.25) is 10.1 Å². The van der Waals surface area contributed by atoms with Crippen molar-refractivity contribution in [3.63, 3.8) is 0 Å². The van der Waals surface area contributed by atoms with Gasteiger partial charge >= 0.3 is 0 Å². The van der Waals surface area contributed by atoms with E-state index in [1.807, 2.05) is 0 Å². The third-order valence-electron chi connectivity index (χ3n) is 3.58. The molecule has 2 atom stereocenters. The Morgan fingerprint density at radius 1 is 1.45 bits per heavy atom. The zero-order chi connectivity index (χ0) is 14.7. The SMILES string of the molecule is CSC1CCCCC1Nc1cc(Br)c(F)cc1[N+](=O)[O-]. The normalized spacial score (nSPS) is 22.6. The number of benzene rings is 1. The van der Waals surface area contributed by atoms with Crippen molar-refractivity contribution < 1.29 is 9.31 Å². The number of nitro benzene ring substituents is 1. The van der Waals surface area contributed by atoms with E-state index in [9.17, 15) is 14.5 Å². The molecule has 0 spiro atoms. The Morgan fingerprint density at radius 3 is 2.80 bits per heavy atom. The van der Waals surface area contributed by atoms with Crippen LogP contribution in [-0.2, 0) is 0 Å². The highest BCUT2D eigenvalue weighted by Crippen LogP contribution is 2.35. The first-order valence-electron chi connectivity index (χ1n) is 6.45. The van der Waals surface area contributed by atoms with E-state index < -0.39 is 10.7 Å². The molecule has 0 radical (unpaired) electrons. The predicted molar refractivity (Wildman–Crippen MR) is 83.9 cm³/mol. The van der Waals surface area contributed by atoms with Crippen molar-refractivity contribution in [1.29, 1.82) is 0 Å². The molecule has 1 aromatic rings. The van der Waals surface area contributed by atoms with Crippen LogP contribution in [0.5, 0.6) is 0 Å². The number of halogens is 2. The Hall–Kier alpha value is -0.820. The second-order valence-corrected chi connectivity index (χ2v) is 6.78. The van der Waals surface area contributed by atoms with Crippen LogP contribution < -0.4 is 5.32 Å². The van der Waals surface area contributed by atoms with Gasteiger partial charge in [-0.2, -0.15) is 11.8 Å². The minimum atomic E-state index is -0.618. The summed E-state index contributed by atoms with van der Waals surface area (Å²) in [6.07, 6.45) is 6.45. The highest BCUT2D eigenvalue weighted by Gasteiger charge is 2.27. The van der Waals surface area contributed by atoms with Crippen LogP contribution in [0.15, 0.2) is 16.6 Å². The number of rotatable bonds is 4. The number of anilines is 1. The van der Waals surface area contributed by atoms with Crippen LogP contribution in [0.2, 0.25) is 0 Å². The van der Waals surface area contributed by atoms with Crippen LogP contribution in [-0.4, -0.2) is 22.5 Å². The van der Waals surface area contributed by atoms with Gasteiger partial charge in [0.25, 0.3) is 5.69 Å². The van der Waals surface area contributed by atoms with Crippen molar-refractivity contribution in [3.8, 4) is 0 Å². The van der Waals surface area contributed by atoms with Crippen molar-refractivity contribution >= 4 is 39.1 Å². The molecule has 0 amide bonds. The van der Waals surface area contributed by atoms with Gasteiger partial charge in [-0.05, 0) is 41.1 Å². The molecule has 110 valence electrons. The Kier molecular flexibility index (Phi) is 5.26. The summed E-state index contributed by atoms with van der Waals surface area (Å²) >= 11 is 4.86. The zero-order valence-electron chi connectivity index (χ0n) is 11.1. The lowest BCUT2D eigenvalue weighted by molar-refractivity contribution is -0.384. The maximum Gasteiger partial charge on any atom is 0.295 e. The molecule has 1 aliphatic carbocycles. The Bertz CT molecular complexity index is 515. The number of nitrogens with one attached hydrogen (secondary N) is 1. The Labute approximate surface area is 129 Å². The molecule has 0 aromatic heterocycles. The van der Waals surface area contributed by atoms with Gasteiger partial charge in [0.05, 0.1) is 15.5 Å². The summed E-state index contributed by atoms with van der Waals surface area (Å²) in [5.41, 5.74) is 0.172. The molecule has 1 aromatic carbocycles. The molecule has 7 heteroatoms. The van der Waals surface area contributed by atoms with E-state index in [0.29, 0.717) is 10.9 Å². The zero-order valence-corrected chi connectivity index (χ0v) is 13.5. The summed E-state index contributed by atoms with van der Waals surface area (Å²) in [4.78, 5) is 10.5. The number of nitro groups is 1. The molecule has 0 aliphatic heterocycles. The van der Waals surface area contributed by atoms with Gasteiger partial charge in [0, 0.05) is 11.3 Å². The van der Waals surface area contributed by atoms with Gasteiger partial charge in [0.2, 0.25) is 0 Å². The van der Waals surface area contributed by atoms with Crippen molar-refractivity contribution in [2.75, 3.05) is 11.6 Å². The highest BCUT2D eigenvalue weighted by molar-refractivity contribution is 9.10. The van der Waals surface area contributed by atoms with Crippen molar-refractivity contribution in [3.05, 3.63) is 32.5 Å². The number of hydrogen-bond acceptors (Lipinski definition) is 4. The summed E-state index contributed by atoms with van der Waals surface area (Å²) in [6, 6.07) is 2.61. The Balaban J connectivity index is 2.27. The number of nitrogens with zero attached hydrogens (tertiary/aromatic N) is 1. The minimum absolute atomic E-state index is 0.190. The highest BCUT2D eigenvalue weighted by atomic mass is 79.9. The van der Waals surface area contributed by atoms with Gasteiger partial charge in [0.1, 0.15) is 11.5 Å². The second kappa shape index (κ2) is 6.76. The summed E-state index contributed by atoms with van der Waals surface area (Å²) in [7, 11) is 0. The van der Waals surface area contributed by atoms with Gasteiger partial charge in [-0.25, -0.2) is 4.39 Å². The average molecular weight is 363 g/mol. The molecule has 0 saturated heterocycles. The van der Waals surface area contributed by atoms with Gasteiger partial charge in [-0.1, -0.05) is 12.8 Å². The lowest BCUT2D eigenvalue weighted by atomic mass is 9.94. The van der Waals surface area contributed by atoms with Crippen LogP contribution in [0.4, 0.5) is 15.8 Å². The quantitative estimate of drug-likeness (QED) is 0.628. The smallest absolute Gasteiger partial charge is 0.295 e. The first-order valence-corrected chi connectivity index (χ1v) is 8.53. The second-order valence-electron chi connectivity index (χ2n) is 4.85. The third-order valence-corrected chi connectivity index (χ3v) is 5.36. The number of hydrogen-bond donors (Lipinski definition) is 1. The molecule has 2 rings (SSSR count). The molecule has 1 aliphatic rings. The Morgan fingerprint density at radius 2 is 2.15 bits per heavy atom. The van der Waals surface area contributed by atoms with Crippen LogP contribution in [0.25, 0.3) is 0 Å². The van der Waals surface area contributed by atoms with Crippen LogP contribution in [0.3, 0.4) is 0 Å². The topological polar surface area (TPSA) is 55.2 Å². The third kappa shape index (κ3) is 3.44. The van der Waals surface area contributed by atoms with Crippen LogP contribution >= 0.6 is 27.7 Å². The van der Waals surface area contributed by atoms with Crippen LogP contribution in [0, 0.1) is 15.9 Å². The molecule has 0 bridgehead atoms. The molecule has 0 heterocycles. The average Bonchev–Trinajstić information content (AvgIpc) is 2.43. The van der Waals surface area contributed by atoms with E-state index in [2.05, 4.69) is 27.5 Å². The van der Waals surface area contributed by atoms with E-state index in [1.165, 1.54) is 12.5 Å². The number of thioether (sulfide) groups is 1. The minimum Gasteiger partial charge on any atom is -0.376 e. The first-order chi connectivity index (χ1) is 9.52. The molecule has 1 fully saturated rings. The largest absolute Gasteiger partial charge is 0.376 e. The maximum absolute atomic E-state index is 13.5. The summed E-state index contributed by atoms with van der Waals surface area (Å²) in [6.45, 7) is 0. The van der Waals surface area contributed by atoms with Crippen molar-refractivity contribution in [2.24, 2.45) is 0 Å². The summed E-state index contributed by atoms with van der Waals surface area (Å²) in [5, 5.41) is 14.7. The molecular weight excluding hydrogens is 347 g/mol. The van der Waals surface area contributed by atoms with Crippen molar-refractivity contribution in [2.45, 2.75) is 37.0 Å². The monoisotopic (exact) mass is 362 g/mol. The molecule has 4 nitrogen and oxygen atoms in total. The fourth-order valence-corrected chi connectivity index (χ4v) is 3.83. The van der Waals surface area contributed by atoms with E-state index in [-0.39, 0.29) is 16.2 Å². The lowest BCUT2D eigenvalue weighted by Crippen LogP contribution is -2.34. The fourth-order valence-electron chi connectivity index (χ4n) is 2.55. The lowest BCUT2D eigenvalue weighted by Gasteiger charge is -2.31. The van der Waals surface area contributed by atoms with Gasteiger partial charge in [-0.15, -0.1) is 0 Å². The summed E-state index contributed by atoms with van der Waals surface area (Å²) < 4.78 is 13.7. The molecule has 1 saturated carbocycles. The van der Waals surface area contributed by atoms with E-state index in [1.54, 1.807) is 11.8 Å². The molecule has 20 heavy (non-hydrogen) atoms. The van der Waals surface area contributed by atoms with E-state index >= 15 is 0 Å². The summed E-state index contributed by atoms with van der Waals surface area (Å²) in [5.74, 6) is -0.618. The van der Waals surface area contributed by atoms with E-state index in [4.69, 9.17) is 0 Å². The van der Waals surface area contributed by atoms with Crippen molar-refractivity contribution in [1.82, 2.24) is 0 Å². The predicted octanol–water partition coefficient (Wildman–Crippen LogP) is 4.58. The van der Waals surface area contributed by atoms with E-state index in [0.717, 1.165) is 25.3 Å². The maximum atomic E-state index is 13.5. The standard InChI is InChI=1S/C13H16BrFN2O2S/c1-20-13-5-3-2-4-10(13)16-11-6-8(14)9(15)7-12(11)17(18)19/h6-7,10,13,16H,2-5H2,1H3. The van der Waals surface area contributed by atoms with Gasteiger partial charge in [0.15, 0.2) is 0 Å².